The lowest BCUT2D eigenvalue weighted by Gasteiger charge is -2.17. The summed E-state index contributed by atoms with van der Waals surface area (Å²) in [5.41, 5.74) is 0.919. The summed E-state index contributed by atoms with van der Waals surface area (Å²) < 4.78 is 1.60. The zero-order valence-corrected chi connectivity index (χ0v) is 11.6. The number of carbonyl (C=O) groups excluding carboxylic acids is 1. The number of nitrogens with zero attached hydrogens (tertiary/aromatic N) is 4. The molecule has 6 nitrogen and oxygen atoms in total. The molecule has 0 radical (unpaired) electrons. The van der Waals surface area contributed by atoms with E-state index >= 15 is 0 Å². The van der Waals surface area contributed by atoms with Crippen molar-refractivity contribution in [3.8, 4) is 5.82 Å². The molecule has 3 rings (SSSR count). The molecule has 108 valence electrons. The van der Waals surface area contributed by atoms with E-state index in [0.717, 1.165) is 24.8 Å². The lowest BCUT2D eigenvalue weighted by Crippen LogP contribution is -2.31. The van der Waals surface area contributed by atoms with Gasteiger partial charge in [0.05, 0.1) is 0 Å². The van der Waals surface area contributed by atoms with Gasteiger partial charge in [-0.3, -0.25) is 4.79 Å². The summed E-state index contributed by atoms with van der Waals surface area (Å²) in [7, 11) is 0. The number of amides is 1. The number of allylic oxidation sites excluding steroid dienone is 2. The largest absolute Gasteiger partial charge is 0.352 e. The topological polar surface area (TPSA) is 72.7 Å². The summed E-state index contributed by atoms with van der Waals surface area (Å²) in [6.45, 7) is 0.447. The van der Waals surface area contributed by atoms with E-state index in [1.54, 1.807) is 17.2 Å². The van der Waals surface area contributed by atoms with Gasteiger partial charge in [-0.25, -0.2) is 14.6 Å². The van der Waals surface area contributed by atoms with Gasteiger partial charge in [0.2, 0.25) is 5.91 Å². The Hall–Kier alpha value is -2.50. The van der Waals surface area contributed by atoms with Crippen molar-refractivity contribution in [3.05, 3.63) is 48.7 Å². The van der Waals surface area contributed by atoms with Crippen molar-refractivity contribution in [1.82, 2.24) is 25.1 Å². The Labute approximate surface area is 122 Å². The van der Waals surface area contributed by atoms with Crippen LogP contribution in [0.4, 0.5) is 0 Å². The number of hydrogen-bond acceptors (Lipinski definition) is 4. The monoisotopic (exact) mass is 283 g/mol. The average molecular weight is 283 g/mol. The van der Waals surface area contributed by atoms with Gasteiger partial charge in [-0.1, -0.05) is 18.2 Å². The van der Waals surface area contributed by atoms with Crippen LogP contribution < -0.4 is 5.32 Å². The minimum absolute atomic E-state index is 0.0847. The highest BCUT2D eigenvalue weighted by Gasteiger charge is 2.18. The van der Waals surface area contributed by atoms with Crippen molar-refractivity contribution in [1.29, 1.82) is 0 Å². The second-order valence-corrected chi connectivity index (χ2v) is 5.03. The van der Waals surface area contributed by atoms with E-state index in [4.69, 9.17) is 0 Å². The van der Waals surface area contributed by atoms with E-state index in [2.05, 4.69) is 32.5 Å². The fourth-order valence-corrected chi connectivity index (χ4v) is 2.45. The molecule has 0 saturated carbocycles. The van der Waals surface area contributed by atoms with Gasteiger partial charge in [-0.15, -0.1) is 0 Å². The van der Waals surface area contributed by atoms with Crippen LogP contribution >= 0.6 is 0 Å². The number of nitrogens with one attached hydrogen (secondary N) is 1. The molecule has 2 heterocycles. The van der Waals surface area contributed by atoms with Gasteiger partial charge >= 0.3 is 0 Å². The molecule has 1 atom stereocenters. The molecule has 6 heteroatoms. The van der Waals surface area contributed by atoms with E-state index in [1.165, 1.54) is 6.33 Å². The molecule has 0 spiro atoms. The van der Waals surface area contributed by atoms with Crippen molar-refractivity contribution in [2.75, 3.05) is 0 Å². The molecule has 0 bridgehead atoms. The summed E-state index contributed by atoms with van der Waals surface area (Å²) >= 11 is 0. The molecule has 2 aromatic rings. The standard InChI is InChI=1S/C15H17N5O/c21-15(12-5-2-1-3-6-12)18-9-13-7-4-8-17-14(13)20-11-16-10-19-20/h1-2,4,7-8,10-12H,3,5-6,9H2,(H,18,21)/t12-/m1/s1. The van der Waals surface area contributed by atoms with Gasteiger partial charge in [0, 0.05) is 24.2 Å². The van der Waals surface area contributed by atoms with E-state index in [-0.39, 0.29) is 11.8 Å². The maximum atomic E-state index is 12.2. The van der Waals surface area contributed by atoms with Gasteiger partial charge in [0.1, 0.15) is 12.7 Å². The molecule has 1 aliphatic rings. The summed E-state index contributed by atoms with van der Waals surface area (Å²) in [5.74, 6) is 0.882. The third kappa shape index (κ3) is 3.16. The maximum Gasteiger partial charge on any atom is 0.223 e. The number of aromatic nitrogens is 4. The lowest BCUT2D eigenvalue weighted by atomic mass is 9.93. The molecule has 21 heavy (non-hydrogen) atoms. The molecular formula is C15H17N5O. The van der Waals surface area contributed by atoms with Crippen LogP contribution in [0, 0.1) is 5.92 Å². The molecule has 1 aliphatic carbocycles. The Morgan fingerprint density at radius 3 is 3.14 bits per heavy atom. The summed E-state index contributed by atoms with van der Waals surface area (Å²) in [4.78, 5) is 20.4. The van der Waals surface area contributed by atoms with Crippen molar-refractivity contribution >= 4 is 5.91 Å². The fourth-order valence-electron chi connectivity index (χ4n) is 2.45. The van der Waals surface area contributed by atoms with E-state index in [9.17, 15) is 4.79 Å². The minimum Gasteiger partial charge on any atom is -0.352 e. The van der Waals surface area contributed by atoms with Crippen LogP contribution in [0.5, 0.6) is 0 Å². The van der Waals surface area contributed by atoms with E-state index in [1.807, 2.05) is 12.1 Å². The smallest absolute Gasteiger partial charge is 0.223 e. The second kappa shape index (κ2) is 6.30. The molecule has 0 aromatic carbocycles. The van der Waals surface area contributed by atoms with Gasteiger partial charge in [0.15, 0.2) is 5.82 Å². The number of rotatable bonds is 4. The Bertz CT molecular complexity index is 635. The Morgan fingerprint density at radius 1 is 1.43 bits per heavy atom. The number of carbonyl (C=O) groups is 1. The summed E-state index contributed by atoms with van der Waals surface area (Å²) in [5, 5.41) is 7.08. The van der Waals surface area contributed by atoms with Gasteiger partial charge in [0.25, 0.3) is 0 Å². The van der Waals surface area contributed by atoms with E-state index < -0.39 is 0 Å². The fraction of sp³-hybridized carbons (Fsp3) is 0.333. The Morgan fingerprint density at radius 2 is 2.38 bits per heavy atom. The highest BCUT2D eigenvalue weighted by molar-refractivity contribution is 5.79. The number of pyridine rings is 1. The molecule has 0 fully saturated rings. The second-order valence-electron chi connectivity index (χ2n) is 5.03. The zero-order chi connectivity index (χ0) is 14.5. The number of hydrogen-bond donors (Lipinski definition) is 1. The van der Waals surface area contributed by atoms with Crippen molar-refractivity contribution in [2.24, 2.45) is 5.92 Å². The minimum atomic E-state index is 0.0847. The summed E-state index contributed by atoms with van der Waals surface area (Å²) in [6.07, 6.45) is 11.7. The molecule has 0 saturated heterocycles. The van der Waals surface area contributed by atoms with Gasteiger partial charge in [-0.05, 0) is 25.3 Å². The highest BCUT2D eigenvalue weighted by atomic mass is 16.1. The average Bonchev–Trinajstić information content (AvgIpc) is 3.08. The molecule has 2 aromatic heterocycles. The third-order valence-corrected chi connectivity index (χ3v) is 3.60. The van der Waals surface area contributed by atoms with Gasteiger partial charge < -0.3 is 5.32 Å². The highest BCUT2D eigenvalue weighted by Crippen LogP contribution is 2.18. The van der Waals surface area contributed by atoms with E-state index in [0.29, 0.717) is 12.4 Å². The van der Waals surface area contributed by atoms with Crippen LogP contribution in [-0.4, -0.2) is 25.7 Å². The quantitative estimate of drug-likeness (QED) is 0.866. The first-order valence-corrected chi connectivity index (χ1v) is 7.06. The van der Waals surface area contributed by atoms with Crippen molar-refractivity contribution in [3.63, 3.8) is 0 Å². The molecule has 0 unspecified atom stereocenters. The van der Waals surface area contributed by atoms with Crippen LogP contribution in [0.3, 0.4) is 0 Å². The maximum absolute atomic E-state index is 12.2. The SMILES string of the molecule is O=C(NCc1cccnc1-n1cncn1)[C@@H]1CC=CCC1. The first-order valence-electron chi connectivity index (χ1n) is 7.06. The zero-order valence-electron chi connectivity index (χ0n) is 11.6. The predicted octanol–water partition coefficient (Wildman–Crippen LogP) is 1.63. The predicted molar refractivity (Wildman–Crippen MR) is 77.5 cm³/mol. The van der Waals surface area contributed by atoms with Crippen LogP contribution in [0.2, 0.25) is 0 Å². The Balaban J connectivity index is 1.68. The first-order chi connectivity index (χ1) is 10.3. The molecule has 1 N–H and O–H groups in total. The molecule has 1 amide bonds. The van der Waals surface area contributed by atoms with Gasteiger partial charge in [-0.2, -0.15) is 5.10 Å². The third-order valence-electron chi connectivity index (χ3n) is 3.60. The summed E-state index contributed by atoms with van der Waals surface area (Å²) in [6, 6.07) is 3.79. The van der Waals surface area contributed by atoms with Crippen molar-refractivity contribution < 1.29 is 4.79 Å². The van der Waals surface area contributed by atoms with Crippen LogP contribution in [0.1, 0.15) is 24.8 Å². The lowest BCUT2D eigenvalue weighted by molar-refractivity contribution is -0.125. The Kier molecular flexibility index (Phi) is 4.04. The normalized spacial score (nSPS) is 17.6. The first kappa shape index (κ1) is 13.5. The molecular weight excluding hydrogens is 266 g/mol. The van der Waals surface area contributed by atoms with Crippen LogP contribution in [0.25, 0.3) is 5.82 Å². The van der Waals surface area contributed by atoms with Crippen molar-refractivity contribution in [2.45, 2.75) is 25.8 Å². The van der Waals surface area contributed by atoms with Crippen LogP contribution in [-0.2, 0) is 11.3 Å². The molecule has 0 aliphatic heterocycles. The van der Waals surface area contributed by atoms with Crippen LogP contribution in [0.15, 0.2) is 43.1 Å².